The van der Waals surface area contributed by atoms with Crippen molar-refractivity contribution in [2.45, 2.75) is 32.6 Å². The van der Waals surface area contributed by atoms with Crippen LogP contribution in [-0.2, 0) is 9.59 Å². The predicted octanol–water partition coefficient (Wildman–Crippen LogP) is 3.44. The number of hydrogen-bond donors (Lipinski definition) is 0. The van der Waals surface area contributed by atoms with Crippen molar-refractivity contribution in [1.82, 2.24) is 0 Å². The Morgan fingerprint density at radius 3 is 2.16 bits per heavy atom. The standard InChI is InChI=1S/C15H16BrNO2/c1-9-6-10(16)8-11(7-9)17-14(18)12-4-2-3-5-13(12)15(17)19/h6-8,12-13H,2-5H2,1H3. The maximum absolute atomic E-state index is 12.5. The Morgan fingerprint density at radius 2 is 1.63 bits per heavy atom. The lowest BCUT2D eigenvalue weighted by Gasteiger charge is -2.19. The Bertz CT molecular complexity index is 511. The van der Waals surface area contributed by atoms with Crippen LogP contribution in [0, 0.1) is 18.8 Å². The van der Waals surface area contributed by atoms with E-state index in [1.165, 1.54) is 4.90 Å². The Hall–Kier alpha value is -1.16. The van der Waals surface area contributed by atoms with Crippen molar-refractivity contribution in [2.24, 2.45) is 11.8 Å². The van der Waals surface area contributed by atoms with E-state index >= 15 is 0 Å². The molecule has 3 nitrogen and oxygen atoms in total. The molecule has 4 heteroatoms. The summed E-state index contributed by atoms with van der Waals surface area (Å²) >= 11 is 3.43. The molecule has 0 radical (unpaired) electrons. The average Bonchev–Trinajstić information content (AvgIpc) is 2.61. The first-order valence-electron chi connectivity index (χ1n) is 6.73. The van der Waals surface area contributed by atoms with Crippen molar-refractivity contribution in [3.8, 4) is 0 Å². The molecule has 1 aromatic carbocycles. The van der Waals surface area contributed by atoms with E-state index in [1.54, 1.807) is 0 Å². The summed E-state index contributed by atoms with van der Waals surface area (Å²) in [6.45, 7) is 1.96. The van der Waals surface area contributed by atoms with Crippen LogP contribution in [0.3, 0.4) is 0 Å². The molecule has 1 aliphatic heterocycles. The van der Waals surface area contributed by atoms with E-state index < -0.39 is 0 Å². The highest BCUT2D eigenvalue weighted by Crippen LogP contribution is 2.40. The number of fused-ring (bicyclic) bond motifs is 1. The van der Waals surface area contributed by atoms with Gasteiger partial charge in [0.2, 0.25) is 11.8 Å². The van der Waals surface area contributed by atoms with Crippen molar-refractivity contribution >= 4 is 33.4 Å². The second-order valence-corrected chi connectivity index (χ2v) is 6.41. The van der Waals surface area contributed by atoms with E-state index in [4.69, 9.17) is 0 Å². The maximum atomic E-state index is 12.5. The molecule has 2 fully saturated rings. The average molecular weight is 322 g/mol. The molecule has 2 amide bonds. The summed E-state index contributed by atoms with van der Waals surface area (Å²) in [5.41, 5.74) is 1.75. The van der Waals surface area contributed by atoms with Gasteiger partial charge < -0.3 is 0 Å². The first kappa shape index (κ1) is 12.9. The van der Waals surface area contributed by atoms with Gasteiger partial charge in [0.15, 0.2) is 0 Å². The van der Waals surface area contributed by atoms with Crippen LogP contribution in [-0.4, -0.2) is 11.8 Å². The molecule has 2 atom stereocenters. The van der Waals surface area contributed by atoms with E-state index in [2.05, 4.69) is 15.9 Å². The van der Waals surface area contributed by atoms with Crippen LogP contribution < -0.4 is 4.90 Å². The lowest BCUT2D eigenvalue weighted by Crippen LogP contribution is -2.30. The van der Waals surface area contributed by atoms with Gasteiger partial charge in [0.1, 0.15) is 0 Å². The summed E-state index contributed by atoms with van der Waals surface area (Å²) < 4.78 is 0.901. The van der Waals surface area contributed by atoms with Crippen molar-refractivity contribution in [2.75, 3.05) is 4.90 Å². The SMILES string of the molecule is Cc1cc(Br)cc(N2C(=O)C3CCCCC3C2=O)c1. The van der Waals surface area contributed by atoms with E-state index in [9.17, 15) is 9.59 Å². The van der Waals surface area contributed by atoms with Gasteiger partial charge in [-0.1, -0.05) is 28.8 Å². The minimum absolute atomic E-state index is 0.00722. The van der Waals surface area contributed by atoms with E-state index in [0.717, 1.165) is 35.7 Å². The zero-order valence-corrected chi connectivity index (χ0v) is 12.4. The number of carbonyl (C=O) groups excluding carboxylic acids is 2. The molecular weight excluding hydrogens is 306 g/mol. The van der Waals surface area contributed by atoms with Crippen LogP contribution in [0.4, 0.5) is 5.69 Å². The first-order chi connectivity index (χ1) is 9.08. The third-order valence-corrected chi connectivity index (χ3v) is 4.58. The largest absolute Gasteiger partial charge is 0.274 e. The second kappa shape index (κ2) is 4.75. The normalized spacial score (nSPS) is 26.7. The number of imide groups is 1. The Balaban J connectivity index is 2.00. The van der Waals surface area contributed by atoms with Crippen molar-refractivity contribution in [3.63, 3.8) is 0 Å². The molecule has 1 saturated carbocycles. The van der Waals surface area contributed by atoms with E-state index in [0.29, 0.717) is 5.69 Å². The lowest BCUT2D eigenvalue weighted by molar-refractivity contribution is -0.122. The third kappa shape index (κ3) is 2.12. The highest BCUT2D eigenvalue weighted by molar-refractivity contribution is 9.10. The van der Waals surface area contributed by atoms with Crippen LogP contribution in [0.1, 0.15) is 31.2 Å². The van der Waals surface area contributed by atoms with Gasteiger partial charge in [-0.2, -0.15) is 0 Å². The highest BCUT2D eigenvalue weighted by atomic mass is 79.9. The molecule has 0 spiro atoms. The van der Waals surface area contributed by atoms with Crippen molar-refractivity contribution < 1.29 is 9.59 Å². The van der Waals surface area contributed by atoms with Crippen molar-refractivity contribution in [3.05, 3.63) is 28.2 Å². The third-order valence-electron chi connectivity index (χ3n) is 4.13. The molecule has 1 aromatic rings. The molecule has 2 unspecified atom stereocenters. The van der Waals surface area contributed by atoms with Gasteiger partial charge in [0, 0.05) is 4.47 Å². The topological polar surface area (TPSA) is 37.4 Å². The molecule has 1 heterocycles. The second-order valence-electron chi connectivity index (χ2n) is 5.50. The van der Waals surface area contributed by atoms with Crippen LogP contribution in [0.2, 0.25) is 0 Å². The molecule has 1 saturated heterocycles. The van der Waals surface area contributed by atoms with Gasteiger partial charge in [-0.3, -0.25) is 14.5 Å². The number of anilines is 1. The Kier molecular flexibility index (Phi) is 3.21. The molecular formula is C15H16BrNO2. The zero-order chi connectivity index (χ0) is 13.6. The van der Waals surface area contributed by atoms with Gasteiger partial charge in [0.05, 0.1) is 17.5 Å². The van der Waals surface area contributed by atoms with Crippen LogP contribution in [0.15, 0.2) is 22.7 Å². The molecule has 0 bridgehead atoms. The number of amides is 2. The van der Waals surface area contributed by atoms with Gasteiger partial charge in [-0.05, 0) is 43.5 Å². The zero-order valence-electron chi connectivity index (χ0n) is 10.9. The van der Waals surface area contributed by atoms with E-state index in [1.807, 2.05) is 25.1 Å². The van der Waals surface area contributed by atoms with Gasteiger partial charge in [-0.25, -0.2) is 0 Å². The maximum Gasteiger partial charge on any atom is 0.237 e. The summed E-state index contributed by atoms with van der Waals surface area (Å²) in [6.07, 6.45) is 3.84. The van der Waals surface area contributed by atoms with Gasteiger partial charge >= 0.3 is 0 Å². The number of halogens is 1. The Labute approximate surface area is 121 Å². The van der Waals surface area contributed by atoms with Crippen LogP contribution in [0.5, 0.6) is 0 Å². The molecule has 0 aromatic heterocycles. The van der Waals surface area contributed by atoms with Gasteiger partial charge in [0.25, 0.3) is 0 Å². The summed E-state index contributed by atoms with van der Waals surface area (Å²) in [4.78, 5) is 26.3. The lowest BCUT2D eigenvalue weighted by atomic mass is 9.81. The fourth-order valence-corrected chi connectivity index (χ4v) is 3.86. The summed E-state index contributed by atoms with van der Waals surface area (Å²) in [5, 5.41) is 0. The number of benzene rings is 1. The number of nitrogens with zero attached hydrogens (tertiary/aromatic N) is 1. The minimum atomic E-state index is -0.0828. The minimum Gasteiger partial charge on any atom is -0.274 e. The summed E-state index contributed by atoms with van der Waals surface area (Å²) in [7, 11) is 0. The Morgan fingerprint density at radius 1 is 1.05 bits per heavy atom. The molecule has 19 heavy (non-hydrogen) atoms. The van der Waals surface area contributed by atoms with Crippen LogP contribution in [0.25, 0.3) is 0 Å². The summed E-state index contributed by atoms with van der Waals surface area (Å²) in [6, 6.07) is 5.72. The fourth-order valence-electron chi connectivity index (χ4n) is 3.26. The van der Waals surface area contributed by atoms with Crippen molar-refractivity contribution in [1.29, 1.82) is 0 Å². The smallest absolute Gasteiger partial charge is 0.237 e. The molecule has 3 rings (SSSR count). The fraction of sp³-hybridized carbons (Fsp3) is 0.467. The molecule has 2 aliphatic rings. The predicted molar refractivity (Wildman–Crippen MR) is 76.8 cm³/mol. The highest BCUT2D eigenvalue weighted by Gasteiger charge is 2.48. The quantitative estimate of drug-likeness (QED) is 0.743. The first-order valence-corrected chi connectivity index (χ1v) is 7.52. The number of aryl methyl sites for hydroxylation is 1. The van der Waals surface area contributed by atoms with E-state index in [-0.39, 0.29) is 23.7 Å². The molecule has 100 valence electrons. The van der Waals surface area contributed by atoms with Gasteiger partial charge in [-0.15, -0.1) is 0 Å². The number of rotatable bonds is 1. The van der Waals surface area contributed by atoms with Crippen LogP contribution >= 0.6 is 15.9 Å². The molecule has 1 aliphatic carbocycles. The summed E-state index contributed by atoms with van der Waals surface area (Å²) in [5.74, 6) is -0.180. The molecule has 0 N–H and O–H groups in total. The number of carbonyl (C=O) groups is 2. The number of hydrogen-bond acceptors (Lipinski definition) is 2. The monoisotopic (exact) mass is 321 g/mol.